The average molecular weight is 315 g/mol. The van der Waals surface area contributed by atoms with Gasteiger partial charge in [0.2, 0.25) is 0 Å². The highest BCUT2D eigenvalue weighted by atomic mass is 35.5. The Morgan fingerprint density at radius 2 is 1.80 bits per heavy atom. The van der Waals surface area contributed by atoms with Crippen molar-refractivity contribution in [3.05, 3.63) is 33.8 Å². The third kappa shape index (κ3) is 3.67. The lowest BCUT2D eigenvalue weighted by molar-refractivity contribution is 0.132. The molecule has 4 heteroatoms. The maximum Gasteiger partial charge on any atom is 0.0468 e. The molecular weight excluding hydrogens is 291 g/mol. The Morgan fingerprint density at radius 1 is 1.20 bits per heavy atom. The van der Waals surface area contributed by atoms with E-state index in [9.17, 15) is 0 Å². The molecule has 0 aromatic heterocycles. The van der Waals surface area contributed by atoms with E-state index in [1.807, 2.05) is 18.2 Å². The number of rotatable bonds is 5. The van der Waals surface area contributed by atoms with E-state index in [2.05, 4.69) is 11.9 Å². The van der Waals surface area contributed by atoms with Crippen LogP contribution in [0.4, 0.5) is 0 Å². The van der Waals surface area contributed by atoms with Crippen LogP contribution in [0.15, 0.2) is 18.2 Å². The molecule has 1 saturated carbocycles. The normalized spacial score (nSPS) is 18.4. The number of benzene rings is 1. The minimum absolute atomic E-state index is 0.212. The second-order valence-corrected chi connectivity index (χ2v) is 6.50. The molecule has 1 fully saturated rings. The van der Waals surface area contributed by atoms with Gasteiger partial charge in [-0.2, -0.15) is 0 Å². The van der Waals surface area contributed by atoms with E-state index < -0.39 is 0 Å². The van der Waals surface area contributed by atoms with Gasteiger partial charge in [0, 0.05) is 27.7 Å². The zero-order valence-corrected chi connectivity index (χ0v) is 13.6. The van der Waals surface area contributed by atoms with Gasteiger partial charge < -0.3 is 5.73 Å². The van der Waals surface area contributed by atoms with Crippen molar-refractivity contribution in [3.8, 4) is 0 Å². The van der Waals surface area contributed by atoms with Gasteiger partial charge in [0.05, 0.1) is 0 Å². The minimum Gasteiger partial charge on any atom is -0.330 e. The summed E-state index contributed by atoms with van der Waals surface area (Å²) in [4.78, 5) is 2.44. The number of nitrogens with two attached hydrogens (primary N) is 1. The van der Waals surface area contributed by atoms with Crippen molar-refractivity contribution in [2.75, 3.05) is 13.6 Å². The summed E-state index contributed by atoms with van der Waals surface area (Å²) in [5, 5.41) is 1.50. The zero-order chi connectivity index (χ0) is 14.5. The minimum atomic E-state index is 0.212. The van der Waals surface area contributed by atoms with Crippen molar-refractivity contribution < 1.29 is 0 Å². The largest absolute Gasteiger partial charge is 0.330 e. The first-order valence-corrected chi connectivity index (χ1v) is 8.26. The fraction of sp³-hybridized carbons (Fsp3) is 0.625. The number of hydrogen-bond acceptors (Lipinski definition) is 2. The van der Waals surface area contributed by atoms with Crippen LogP contribution in [0.1, 0.15) is 50.1 Å². The summed E-state index contributed by atoms with van der Waals surface area (Å²) in [6.45, 7) is 0.642. The molecule has 1 atom stereocenters. The van der Waals surface area contributed by atoms with E-state index in [1.165, 1.54) is 32.1 Å². The molecule has 0 amide bonds. The topological polar surface area (TPSA) is 29.3 Å². The third-order valence-corrected chi connectivity index (χ3v) is 5.07. The van der Waals surface area contributed by atoms with Crippen molar-refractivity contribution in [1.82, 2.24) is 4.90 Å². The molecule has 0 bridgehead atoms. The van der Waals surface area contributed by atoms with Crippen LogP contribution < -0.4 is 5.73 Å². The maximum atomic E-state index is 6.39. The van der Waals surface area contributed by atoms with Gasteiger partial charge in [-0.1, -0.05) is 48.5 Å². The van der Waals surface area contributed by atoms with Crippen LogP contribution in [0, 0.1) is 0 Å². The van der Waals surface area contributed by atoms with E-state index in [-0.39, 0.29) is 6.04 Å². The van der Waals surface area contributed by atoms with Gasteiger partial charge in [-0.15, -0.1) is 0 Å². The van der Waals surface area contributed by atoms with Gasteiger partial charge in [-0.3, -0.25) is 4.90 Å². The Morgan fingerprint density at radius 3 is 2.35 bits per heavy atom. The molecule has 1 aromatic rings. The predicted molar refractivity (Wildman–Crippen MR) is 87.5 cm³/mol. The lowest BCUT2D eigenvalue weighted by atomic mass is 9.91. The molecule has 1 aliphatic rings. The molecule has 2 nitrogen and oxygen atoms in total. The lowest BCUT2D eigenvalue weighted by Gasteiger charge is -2.38. The molecule has 2 N–H and O–H groups in total. The molecule has 1 unspecified atom stereocenters. The summed E-state index contributed by atoms with van der Waals surface area (Å²) in [7, 11) is 2.19. The Kier molecular flexibility index (Phi) is 6.16. The Hall–Kier alpha value is -0.280. The van der Waals surface area contributed by atoms with Crippen LogP contribution in [-0.4, -0.2) is 24.5 Å². The molecule has 0 aliphatic heterocycles. The fourth-order valence-corrected chi connectivity index (χ4v) is 3.93. The lowest BCUT2D eigenvalue weighted by Crippen LogP contribution is -2.37. The van der Waals surface area contributed by atoms with Gasteiger partial charge >= 0.3 is 0 Å². The monoisotopic (exact) mass is 314 g/mol. The predicted octanol–water partition coefficient (Wildman–Crippen LogP) is 4.65. The van der Waals surface area contributed by atoms with Gasteiger partial charge in [0.25, 0.3) is 0 Å². The summed E-state index contributed by atoms with van der Waals surface area (Å²) >= 11 is 12.8. The maximum absolute atomic E-state index is 6.39. The van der Waals surface area contributed by atoms with Crippen molar-refractivity contribution >= 4 is 23.2 Å². The molecule has 20 heavy (non-hydrogen) atoms. The van der Waals surface area contributed by atoms with Gasteiger partial charge in [0.1, 0.15) is 0 Å². The van der Waals surface area contributed by atoms with E-state index in [1.54, 1.807) is 0 Å². The fourth-order valence-electron chi connectivity index (χ4n) is 3.28. The second-order valence-electron chi connectivity index (χ2n) is 5.69. The Labute approximate surface area is 132 Å². The van der Waals surface area contributed by atoms with Crippen molar-refractivity contribution in [1.29, 1.82) is 0 Å². The quantitative estimate of drug-likeness (QED) is 0.857. The highest BCUT2D eigenvalue weighted by molar-refractivity contribution is 6.36. The SMILES string of the molecule is CN(C1CCCCC1)C(CCN)c1c(Cl)cccc1Cl. The van der Waals surface area contributed by atoms with Crippen LogP contribution in [0.2, 0.25) is 10.0 Å². The highest BCUT2D eigenvalue weighted by Crippen LogP contribution is 2.37. The van der Waals surface area contributed by atoms with E-state index in [0.717, 1.165) is 22.0 Å². The highest BCUT2D eigenvalue weighted by Gasteiger charge is 2.27. The molecule has 0 heterocycles. The zero-order valence-electron chi connectivity index (χ0n) is 12.1. The molecular formula is C16H24Cl2N2. The van der Waals surface area contributed by atoms with Crippen LogP contribution in [0.3, 0.4) is 0 Å². The number of nitrogens with zero attached hydrogens (tertiary/aromatic N) is 1. The van der Waals surface area contributed by atoms with E-state index in [4.69, 9.17) is 28.9 Å². The van der Waals surface area contributed by atoms with Crippen molar-refractivity contribution in [2.24, 2.45) is 5.73 Å². The van der Waals surface area contributed by atoms with Gasteiger partial charge in [-0.05, 0) is 45.0 Å². The Balaban J connectivity index is 2.25. The van der Waals surface area contributed by atoms with Crippen LogP contribution in [-0.2, 0) is 0 Å². The first-order valence-electron chi connectivity index (χ1n) is 7.51. The molecule has 0 spiro atoms. The van der Waals surface area contributed by atoms with Crippen molar-refractivity contribution in [3.63, 3.8) is 0 Å². The summed E-state index contributed by atoms with van der Waals surface area (Å²) in [5.41, 5.74) is 6.86. The molecule has 112 valence electrons. The average Bonchev–Trinajstić information content (AvgIpc) is 2.46. The third-order valence-electron chi connectivity index (χ3n) is 4.42. The number of halogens is 2. The molecule has 1 aliphatic carbocycles. The molecule has 0 saturated heterocycles. The second kappa shape index (κ2) is 7.65. The molecule has 0 radical (unpaired) electrons. The first kappa shape index (κ1) is 16.1. The molecule has 1 aromatic carbocycles. The van der Waals surface area contributed by atoms with Crippen LogP contribution >= 0.6 is 23.2 Å². The smallest absolute Gasteiger partial charge is 0.0468 e. The molecule has 2 rings (SSSR count). The van der Waals surface area contributed by atoms with Crippen LogP contribution in [0.25, 0.3) is 0 Å². The van der Waals surface area contributed by atoms with E-state index >= 15 is 0 Å². The standard InChI is InChI=1S/C16H24Cl2N2/c1-20(12-6-3-2-4-7-12)15(10-11-19)16-13(17)8-5-9-14(16)18/h5,8-9,12,15H,2-4,6-7,10-11,19H2,1H3. The first-order chi connectivity index (χ1) is 9.65. The van der Waals surface area contributed by atoms with Gasteiger partial charge in [-0.25, -0.2) is 0 Å². The van der Waals surface area contributed by atoms with Crippen LogP contribution in [0.5, 0.6) is 0 Å². The summed E-state index contributed by atoms with van der Waals surface area (Å²) < 4.78 is 0. The van der Waals surface area contributed by atoms with Crippen molar-refractivity contribution in [2.45, 2.75) is 50.6 Å². The Bertz CT molecular complexity index is 410. The number of hydrogen-bond donors (Lipinski definition) is 1. The van der Waals surface area contributed by atoms with Gasteiger partial charge in [0.15, 0.2) is 0 Å². The summed E-state index contributed by atoms with van der Waals surface area (Å²) in [6.07, 6.45) is 7.41. The summed E-state index contributed by atoms with van der Waals surface area (Å²) in [6, 6.07) is 6.56. The van der Waals surface area contributed by atoms with E-state index in [0.29, 0.717) is 12.6 Å². The summed E-state index contributed by atoms with van der Waals surface area (Å²) in [5.74, 6) is 0.